The van der Waals surface area contributed by atoms with E-state index < -0.39 is 0 Å². The van der Waals surface area contributed by atoms with E-state index in [1.165, 1.54) is 0 Å². The number of hydrogen-bond acceptors (Lipinski definition) is 2. The molecule has 2 aromatic carbocycles. The van der Waals surface area contributed by atoms with Crippen molar-refractivity contribution in [3.8, 4) is 0 Å². The zero-order valence-electron chi connectivity index (χ0n) is 14.2. The van der Waals surface area contributed by atoms with Gasteiger partial charge < -0.3 is 10.2 Å². The van der Waals surface area contributed by atoms with Gasteiger partial charge in [0.25, 0.3) is 11.8 Å². The van der Waals surface area contributed by atoms with Gasteiger partial charge in [0.2, 0.25) is 0 Å². The lowest BCUT2D eigenvalue weighted by molar-refractivity contribution is 0.0636. The zero-order valence-corrected chi connectivity index (χ0v) is 15.8. The van der Waals surface area contributed by atoms with Crippen molar-refractivity contribution in [2.24, 2.45) is 0 Å². The summed E-state index contributed by atoms with van der Waals surface area (Å²) in [5, 5.41) is 2.88. The average Bonchev–Trinajstić information content (AvgIpc) is 2.62. The number of likely N-dealkylation sites (tertiary alicyclic amines) is 1. The second-order valence-electron chi connectivity index (χ2n) is 6.35. The third-order valence-electron chi connectivity index (χ3n) is 4.58. The molecule has 1 aliphatic heterocycles. The fraction of sp³-hybridized carbons (Fsp3) is 0.300. The first-order valence-corrected chi connectivity index (χ1v) is 9.32. The monoisotopic (exact) mass is 400 g/mol. The largest absolute Gasteiger partial charge is 0.336 e. The molecular weight excluding hydrogens is 380 g/mol. The van der Waals surface area contributed by atoms with E-state index in [0.717, 1.165) is 30.3 Å². The fourth-order valence-electron chi connectivity index (χ4n) is 3.13. The maximum Gasteiger partial charge on any atom is 0.256 e. The van der Waals surface area contributed by atoms with Gasteiger partial charge in [-0.25, -0.2) is 0 Å². The second-order valence-corrected chi connectivity index (χ2v) is 7.27. The summed E-state index contributed by atoms with van der Waals surface area (Å²) in [5.74, 6) is -0.238. The average molecular weight is 401 g/mol. The molecule has 0 radical (unpaired) electrons. The highest BCUT2D eigenvalue weighted by molar-refractivity contribution is 9.10. The number of rotatable bonds is 3. The van der Waals surface area contributed by atoms with Gasteiger partial charge in [-0.05, 0) is 62.6 Å². The van der Waals surface area contributed by atoms with Gasteiger partial charge >= 0.3 is 0 Å². The molecule has 2 amide bonds. The number of nitrogens with zero attached hydrogens (tertiary/aromatic N) is 1. The molecule has 1 saturated heterocycles. The van der Waals surface area contributed by atoms with Gasteiger partial charge in [0.1, 0.15) is 0 Å². The van der Waals surface area contributed by atoms with Crippen LogP contribution in [0.4, 0.5) is 5.69 Å². The van der Waals surface area contributed by atoms with Crippen LogP contribution in [0.25, 0.3) is 0 Å². The third kappa shape index (κ3) is 4.10. The number of anilines is 1. The van der Waals surface area contributed by atoms with Crippen molar-refractivity contribution in [1.82, 2.24) is 4.90 Å². The van der Waals surface area contributed by atoms with E-state index in [4.69, 9.17) is 0 Å². The summed E-state index contributed by atoms with van der Waals surface area (Å²) in [4.78, 5) is 27.4. The van der Waals surface area contributed by atoms with Gasteiger partial charge in [-0.15, -0.1) is 0 Å². The summed E-state index contributed by atoms with van der Waals surface area (Å²) in [7, 11) is 0. The molecule has 0 spiro atoms. The van der Waals surface area contributed by atoms with Crippen LogP contribution in [0.2, 0.25) is 0 Å². The molecular formula is C20H21BrN2O2. The standard InChI is InChI=1S/C20H21BrN2O2/c1-14-6-4-5-13-23(14)20(25)17-7-2-3-8-18(17)22-19(24)15-9-11-16(21)12-10-15/h2-3,7-12,14H,4-6,13H2,1H3,(H,22,24)/t14-/m1/s1. The zero-order chi connectivity index (χ0) is 17.8. The summed E-state index contributed by atoms with van der Waals surface area (Å²) in [5.41, 5.74) is 1.65. The molecule has 1 aliphatic rings. The van der Waals surface area contributed by atoms with Crippen LogP contribution in [0, 0.1) is 0 Å². The van der Waals surface area contributed by atoms with E-state index in [1.807, 2.05) is 29.2 Å². The quantitative estimate of drug-likeness (QED) is 0.810. The Kier molecular flexibility index (Phi) is 5.53. The van der Waals surface area contributed by atoms with Crippen molar-refractivity contribution in [2.45, 2.75) is 32.2 Å². The molecule has 0 saturated carbocycles. The minimum atomic E-state index is -0.223. The number of hydrogen-bond donors (Lipinski definition) is 1. The molecule has 130 valence electrons. The van der Waals surface area contributed by atoms with E-state index in [1.54, 1.807) is 24.3 Å². The Morgan fingerprint density at radius 2 is 1.80 bits per heavy atom. The predicted octanol–water partition coefficient (Wildman–Crippen LogP) is 4.72. The molecule has 1 heterocycles. The lowest BCUT2D eigenvalue weighted by Gasteiger charge is -2.33. The summed E-state index contributed by atoms with van der Waals surface area (Å²) in [6.45, 7) is 2.86. The molecule has 0 aromatic heterocycles. The van der Waals surface area contributed by atoms with Crippen LogP contribution in [-0.4, -0.2) is 29.3 Å². The number of carbonyl (C=O) groups is 2. The minimum absolute atomic E-state index is 0.0149. The molecule has 1 atom stereocenters. The molecule has 0 unspecified atom stereocenters. The maximum atomic E-state index is 13.0. The van der Waals surface area contributed by atoms with Crippen LogP contribution in [0.15, 0.2) is 53.0 Å². The SMILES string of the molecule is C[C@@H]1CCCCN1C(=O)c1ccccc1NC(=O)c1ccc(Br)cc1. The number of benzene rings is 2. The van der Waals surface area contributed by atoms with Gasteiger partial charge in [-0.1, -0.05) is 28.1 Å². The van der Waals surface area contributed by atoms with Gasteiger partial charge in [0.15, 0.2) is 0 Å². The number of para-hydroxylation sites is 1. The Morgan fingerprint density at radius 3 is 2.52 bits per heavy atom. The van der Waals surface area contributed by atoms with Crippen LogP contribution in [0.5, 0.6) is 0 Å². The molecule has 0 aliphatic carbocycles. The maximum absolute atomic E-state index is 13.0. The van der Waals surface area contributed by atoms with Crippen LogP contribution in [0.3, 0.4) is 0 Å². The molecule has 25 heavy (non-hydrogen) atoms. The smallest absolute Gasteiger partial charge is 0.256 e. The molecule has 0 bridgehead atoms. The van der Waals surface area contributed by atoms with Gasteiger partial charge in [0.05, 0.1) is 11.3 Å². The van der Waals surface area contributed by atoms with E-state index in [-0.39, 0.29) is 17.9 Å². The number of carbonyl (C=O) groups excluding carboxylic acids is 2. The third-order valence-corrected chi connectivity index (χ3v) is 5.10. The first kappa shape index (κ1) is 17.7. The van der Waals surface area contributed by atoms with Crippen molar-refractivity contribution in [3.05, 3.63) is 64.1 Å². The Labute approximate surface area is 156 Å². The van der Waals surface area contributed by atoms with E-state index in [9.17, 15) is 9.59 Å². The highest BCUT2D eigenvalue weighted by Crippen LogP contribution is 2.24. The van der Waals surface area contributed by atoms with Crippen LogP contribution in [0.1, 0.15) is 46.9 Å². The summed E-state index contributed by atoms with van der Waals surface area (Å²) in [6, 6.07) is 14.6. The van der Waals surface area contributed by atoms with Crippen LogP contribution in [-0.2, 0) is 0 Å². The van der Waals surface area contributed by atoms with Crippen LogP contribution >= 0.6 is 15.9 Å². The normalized spacial score (nSPS) is 17.2. The highest BCUT2D eigenvalue weighted by Gasteiger charge is 2.26. The fourth-order valence-corrected chi connectivity index (χ4v) is 3.39. The topological polar surface area (TPSA) is 49.4 Å². The first-order valence-electron chi connectivity index (χ1n) is 8.53. The first-order chi connectivity index (χ1) is 12.1. The Balaban J connectivity index is 1.82. The molecule has 4 nitrogen and oxygen atoms in total. The van der Waals surface area contributed by atoms with Crippen molar-refractivity contribution < 1.29 is 9.59 Å². The van der Waals surface area contributed by atoms with Crippen molar-refractivity contribution in [1.29, 1.82) is 0 Å². The Hall–Kier alpha value is -2.14. The number of nitrogens with one attached hydrogen (secondary N) is 1. The summed E-state index contributed by atoms with van der Waals surface area (Å²) >= 11 is 3.36. The van der Waals surface area contributed by atoms with Crippen molar-refractivity contribution in [3.63, 3.8) is 0 Å². The van der Waals surface area contributed by atoms with Crippen LogP contribution < -0.4 is 5.32 Å². The Bertz CT molecular complexity index is 774. The lowest BCUT2D eigenvalue weighted by atomic mass is 10.0. The second kappa shape index (κ2) is 7.83. The van der Waals surface area contributed by atoms with Gasteiger partial charge in [-0.3, -0.25) is 9.59 Å². The highest BCUT2D eigenvalue weighted by atomic mass is 79.9. The summed E-state index contributed by atoms with van der Waals surface area (Å²) < 4.78 is 0.915. The van der Waals surface area contributed by atoms with Gasteiger partial charge in [0, 0.05) is 22.6 Å². The number of amides is 2. The number of piperidine rings is 1. The summed E-state index contributed by atoms with van der Waals surface area (Å²) in [6.07, 6.45) is 3.22. The molecule has 5 heteroatoms. The van der Waals surface area contributed by atoms with Crippen molar-refractivity contribution in [2.75, 3.05) is 11.9 Å². The van der Waals surface area contributed by atoms with E-state index in [0.29, 0.717) is 16.8 Å². The molecule has 2 aromatic rings. The van der Waals surface area contributed by atoms with E-state index >= 15 is 0 Å². The lowest BCUT2D eigenvalue weighted by Crippen LogP contribution is -2.42. The Morgan fingerprint density at radius 1 is 1.08 bits per heavy atom. The van der Waals surface area contributed by atoms with Crippen molar-refractivity contribution >= 4 is 33.4 Å². The van der Waals surface area contributed by atoms with Gasteiger partial charge in [-0.2, -0.15) is 0 Å². The van der Waals surface area contributed by atoms with E-state index in [2.05, 4.69) is 28.2 Å². The predicted molar refractivity (Wildman–Crippen MR) is 103 cm³/mol. The molecule has 1 N–H and O–H groups in total. The number of halogens is 1. The minimum Gasteiger partial charge on any atom is -0.336 e. The molecule has 3 rings (SSSR count). The molecule has 1 fully saturated rings.